The second kappa shape index (κ2) is 13.7. The summed E-state index contributed by atoms with van der Waals surface area (Å²) < 4.78 is 0. The molecule has 2 saturated heterocycles. The number of amides is 4. The Morgan fingerprint density at radius 2 is 1.51 bits per heavy atom. The van der Waals surface area contributed by atoms with Gasteiger partial charge in [0.1, 0.15) is 12.1 Å². The smallest absolute Gasteiger partial charge is 0.249 e. The van der Waals surface area contributed by atoms with Crippen molar-refractivity contribution in [3.8, 4) is 0 Å². The van der Waals surface area contributed by atoms with Crippen molar-refractivity contribution in [3.63, 3.8) is 0 Å². The highest BCUT2D eigenvalue weighted by Gasteiger charge is 2.41. The fourth-order valence-electron chi connectivity index (χ4n) is 6.20. The molecular weight excluding hydrogens is 518 g/mol. The number of carbonyl (C=O) groups excluding carboxylic acids is 4. The van der Waals surface area contributed by atoms with E-state index in [1.807, 2.05) is 40.7 Å². The standard InChI is InChI=1S/C32H55N5O4/c1-20(2)26(19-22(5)30(40)37-18-12-14-25(37)28(38)33-23-15-16-23)35(9)31(41)27(32(6,7)8)34-29(39)24-13-10-11-17-36(24)21(3)4/h19-21,23-27H,10-18H2,1-9H3,(H,33,38)(H,34,39)/b22-19+/t24-,25+,26-,27-/m1/s1. The highest BCUT2D eigenvalue weighted by molar-refractivity contribution is 5.97. The van der Waals surface area contributed by atoms with Gasteiger partial charge in [-0.1, -0.05) is 47.1 Å². The molecule has 0 unspecified atom stereocenters. The van der Waals surface area contributed by atoms with Gasteiger partial charge in [0.05, 0.1) is 12.1 Å². The van der Waals surface area contributed by atoms with Gasteiger partial charge in [-0.3, -0.25) is 24.1 Å². The van der Waals surface area contributed by atoms with E-state index in [9.17, 15) is 19.2 Å². The van der Waals surface area contributed by atoms with E-state index in [-0.39, 0.29) is 53.7 Å². The number of hydrogen-bond donors (Lipinski definition) is 2. The van der Waals surface area contributed by atoms with Crippen molar-refractivity contribution in [1.82, 2.24) is 25.3 Å². The minimum Gasteiger partial charge on any atom is -0.352 e. The van der Waals surface area contributed by atoms with Crippen LogP contribution in [0, 0.1) is 11.3 Å². The number of piperidine rings is 1. The second-order valence-corrected chi connectivity index (χ2v) is 14.1. The molecule has 3 aliphatic rings. The first kappa shape index (κ1) is 33.1. The third-order valence-corrected chi connectivity index (χ3v) is 8.89. The molecule has 0 aromatic heterocycles. The lowest BCUT2D eigenvalue weighted by Crippen LogP contribution is -2.60. The largest absolute Gasteiger partial charge is 0.352 e. The molecule has 3 rings (SSSR count). The van der Waals surface area contributed by atoms with Gasteiger partial charge < -0.3 is 20.4 Å². The Morgan fingerprint density at radius 1 is 0.878 bits per heavy atom. The van der Waals surface area contributed by atoms with Gasteiger partial charge in [-0.25, -0.2) is 0 Å². The molecule has 2 heterocycles. The molecule has 3 fully saturated rings. The molecule has 1 saturated carbocycles. The van der Waals surface area contributed by atoms with Crippen LogP contribution in [0.2, 0.25) is 0 Å². The van der Waals surface area contributed by atoms with Crippen LogP contribution >= 0.6 is 0 Å². The average molecular weight is 574 g/mol. The van der Waals surface area contributed by atoms with Gasteiger partial charge >= 0.3 is 0 Å². The van der Waals surface area contributed by atoms with Crippen LogP contribution in [-0.2, 0) is 19.2 Å². The molecule has 0 bridgehead atoms. The predicted octanol–water partition coefficient (Wildman–Crippen LogP) is 3.48. The van der Waals surface area contributed by atoms with Crippen molar-refractivity contribution in [3.05, 3.63) is 11.6 Å². The Labute approximate surface area is 247 Å². The quantitative estimate of drug-likeness (QED) is 0.390. The molecule has 4 atom stereocenters. The van der Waals surface area contributed by atoms with Crippen LogP contribution in [0.15, 0.2) is 11.6 Å². The maximum Gasteiger partial charge on any atom is 0.249 e. The maximum atomic E-state index is 14.0. The van der Waals surface area contributed by atoms with Crippen molar-refractivity contribution >= 4 is 23.6 Å². The van der Waals surface area contributed by atoms with E-state index in [1.54, 1.807) is 23.8 Å². The Kier molecular flexibility index (Phi) is 11.1. The summed E-state index contributed by atoms with van der Waals surface area (Å²) in [5.41, 5.74) is 0.0205. The fourth-order valence-corrected chi connectivity index (χ4v) is 6.20. The summed E-state index contributed by atoms with van der Waals surface area (Å²) in [7, 11) is 1.76. The molecule has 9 heteroatoms. The van der Waals surface area contributed by atoms with Crippen LogP contribution in [0.1, 0.15) is 100 Å². The SMILES string of the molecule is C/C(=C\[C@H](C(C)C)N(C)C(=O)[C@@H](NC(=O)[C@H]1CCCCN1C(C)C)C(C)(C)C)C(=O)N1CCC[C@H]1C(=O)NC1CC1. The van der Waals surface area contributed by atoms with Crippen LogP contribution in [0.5, 0.6) is 0 Å². The third kappa shape index (κ3) is 8.33. The molecule has 2 N–H and O–H groups in total. The van der Waals surface area contributed by atoms with Crippen molar-refractivity contribution in [2.24, 2.45) is 11.3 Å². The highest BCUT2D eigenvalue weighted by atomic mass is 16.2. The first-order valence-electron chi connectivity index (χ1n) is 15.8. The van der Waals surface area contributed by atoms with Gasteiger partial charge in [0.2, 0.25) is 23.6 Å². The number of nitrogens with one attached hydrogen (secondary N) is 2. The van der Waals surface area contributed by atoms with Gasteiger partial charge in [-0.05, 0) is 77.2 Å². The minimum atomic E-state index is -0.712. The fraction of sp³-hybridized carbons (Fsp3) is 0.812. The van der Waals surface area contributed by atoms with E-state index in [2.05, 4.69) is 29.4 Å². The van der Waals surface area contributed by atoms with Gasteiger partial charge in [0.15, 0.2) is 0 Å². The van der Waals surface area contributed by atoms with Crippen LogP contribution in [0.4, 0.5) is 0 Å². The maximum absolute atomic E-state index is 14.0. The summed E-state index contributed by atoms with van der Waals surface area (Å²) in [4.78, 5) is 59.5. The van der Waals surface area contributed by atoms with Crippen molar-refractivity contribution in [2.45, 2.75) is 137 Å². The van der Waals surface area contributed by atoms with Gasteiger partial charge in [0, 0.05) is 31.2 Å². The third-order valence-electron chi connectivity index (χ3n) is 8.89. The lowest BCUT2D eigenvalue weighted by Gasteiger charge is -2.41. The van der Waals surface area contributed by atoms with Crippen molar-refractivity contribution in [1.29, 1.82) is 0 Å². The van der Waals surface area contributed by atoms with Crippen molar-refractivity contribution < 1.29 is 19.2 Å². The summed E-state index contributed by atoms with van der Waals surface area (Å²) >= 11 is 0. The molecule has 41 heavy (non-hydrogen) atoms. The molecular formula is C32H55N5O4. The summed E-state index contributed by atoms with van der Waals surface area (Å²) in [6.45, 7) is 17.4. The van der Waals surface area contributed by atoms with Gasteiger partial charge in [0.25, 0.3) is 0 Å². The Hall–Kier alpha value is -2.42. The zero-order valence-electron chi connectivity index (χ0n) is 27.0. The van der Waals surface area contributed by atoms with Crippen LogP contribution < -0.4 is 10.6 Å². The van der Waals surface area contributed by atoms with E-state index < -0.39 is 17.5 Å². The number of rotatable bonds is 10. The zero-order valence-corrected chi connectivity index (χ0v) is 27.0. The molecule has 9 nitrogen and oxygen atoms in total. The van der Waals surface area contributed by atoms with Gasteiger partial charge in [-0.15, -0.1) is 0 Å². The summed E-state index contributed by atoms with van der Waals surface area (Å²) in [5.74, 6) is -0.443. The molecule has 0 aromatic carbocycles. The normalized spacial score (nSPS) is 23.9. The zero-order chi connectivity index (χ0) is 30.6. The van der Waals surface area contributed by atoms with E-state index in [0.717, 1.165) is 45.1 Å². The first-order valence-corrected chi connectivity index (χ1v) is 15.8. The molecule has 232 valence electrons. The summed E-state index contributed by atoms with van der Waals surface area (Å²) in [6, 6.07) is -1.23. The number of nitrogens with zero attached hydrogens (tertiary/aromatic N) is 3. The molecule has 0 spiro atoms. The van der Waals surface area contributed by atoms with E-state index >= 15 is 0 Å². The Morgan fingerprint density at radius 3 is 2.07 bits per heavy atom. The highest BCUT2D eigenvalue weighted by Crippen LogP contribution is 2.27. The second-order valence-electron chi connectivity index (χ2n) is 14.1. The van der Waals surface area contributed by atoms with Gasteiger partial charge in [-0.2, -0.15) is 0 Å². The van der Waals surface area contributed by atoms with E-state index in [4.69, 9.17) is 0 Å². The average Bonchev–Trinajstić information content (AvgIpc) is 3.58. The topological polar surface area (TPSA) is 102 Å². The number of hydrogen-bond acceptors (Lipinski definition) is 5. The molecule has 0 radical (unpaired) electrons. The van der Waals surface area contributed by atoms with Crippen LogP contribution in [0.3, 0.4) is 0 Å². The predicted molar refractivity (Wildman–Crippen MR) is 162 cm³/mol. The molecule has 2 aliphatic heterocycles. The number of carbonyl (C=O) groups is 4. The minimum absolute atomic E-state index is 0.0327. The summed E-state index contributed by atoms with van der Waals surface area (Å²) in [5, 5.41) is 6.18. The Bertz CT molecular complexity index is 997. The summed E-state index contributed by atoms with van der Waals surface area (Å²) in [6.07, 6.45) is 8.23. The Balaban J connectivity index is 1.77. The monoisotopic (exact) mass is 573 g/mol. The lowest BCUT2D eigenvalue weighted by atomic mass is 9.84. The van der Waals surface area contributed by atoms with Crippen LogP contribution in [-0.4, -0.2) is 94.7 Å². The van der Waals surface area contributed by atoms with Crippen LogP contribution in [0.25, 0.3) is 0 Å². The number of likely N-dealkylation sites (tertiary alicyclic amines) is 2. The van der Waals surface area contributed by atoms with Crippen molar-refractivity contribution in [2.75, 3.05) is 20.1 Å². The van der Waals surface area contributed by atoms with E-state index in [1.165, 1.54) is 0 Å². The number of likely N-dealkylation sites (N-methyl/N-ethyl adjacent to an activating group) is 1. The lowest BCUT2D eigenvalue weighted by molar-refractivity contribution is -0.142. The molecule has 1 aliphatic carbocycles. The molecule has 0 aromatic rings. The molecule has 4 amide bonds. The first-order chi connectivity index (χ1) is 19.1. The van der Waals surface area contributed by atoms with E-state index in [0.29, 0.717) is 18.5 Å².